The van der Waals surface area contributed by atoms with Crippen molar-refractivity contribution in [2.24, 2.45) is 4.99 Å². The van der Waals surface area contributed by atoms with Crippen LogP contribution < -0.4 is 25.0 Å². The Labute approximate surface area is 344 Å². The van der Waals surface area contributed by atoms with E-state index in [0.717, 1.165) is 82.4 Å². The molecule has 60 heavy (non-hydrogen) atoms. The number of aliphatic imine (C=N–C) groups is 1. The molecule has 0 amide bonds. The number of hydrogen-bond acceptors (Lipinski definition) is 12. The highest BCUT2D eigenvalue weighted by molar-refractivity contribution is 5.86. The molecular formula is C45H40N12O3. The third-order valence-electron chi connectivity index (χ3n) is 10.6. The van der Waals surface area contributed by atoms with E-state index in [0.29, 0.717) is 29.7 Å². The predicted molar refractivity (Wildman–Crippen MR) is 233 cm³/mol. The molecule has 11 rings (SSSR count). The van der Waals surface area contributed by atoms with Crippen LogP contribution in [0.15, 0.2) is 127 Å². The first-order valence-corrected chi connectivity index (χ1v) is 19.5. The van der Waals surface area contributed by atoms with E-state index in [1.165, 1.54) is 16.8 Å². The van der Waals surface area contributed by atoms with Crippen LogP contribution in [0.5, 0.6) is 11.5 Å². The number of hydrogen-bond donors (Lipinski definition) is 3. The second-order valence-electron chi connectivity index (χ2n) is 14.3. The Morgan fingerprint density at radius 3 is 2.08 bits per heavy atom. The smallest absolute Gasteiger partial charge is 0.180 e. The van der Waals surface area contributed by atoms with Gasteiger partial charge in [-0.15, -0.1) is 0 Å². The summed E-state index contributed by atoms with van der Waals surface area (Å²) in [6.45, 7) is 4.11. The van der Waals surface area contributed by atoms with Crippen LogP contribution in [0.3, 0.4) is 0 Å². The maximum absolute atomic E-state index is 5.45. The first-order chi connectivity index (χ1) is 29.6. The second kappa shape index (κ2) is 15.9. The van der Waals surface area contributed by atoms with Crippen LogP contribution in [0.4, 0.5) is 28.7 Å². The van der Waals surface area contributed by atoms with Gasteiger partial charge in [-0.25, -0.2) is 19.9 Å². The van der Waals surface area contributed by atoms with Crippen molar-refractivity contribution in [3.8, 4) is 34.0 Å². The molecule has 0 aliphatic carbocycles. The van der Waals surface area contributed by atoms with Gasteiger partial charge in [-0.3, -0.25) is 10.1 Å². The van der Waals surface area contributed by atoms with E-state index in [1.54, 1.807) is 26.6 Å². The van der Waals surface area contributed by atoms with E-state index in [1.807, 2.05) is 70.3 Å². The first-order valence-electron chi connectivity index (χ1n) is 19.5. The van der Waals surface area contributed by atoms with E-state index in [9.17, 15) is 0 Å². The number of nitrogens with one attached hydrogen (secondary N) is 3. The zero-order valence-electron chi connectivity index (χ0n) is 32.9. The molecule has 3 N–H and O–H groups in total. The van der Waals surface area contributed by atoms with Gasteiger partial charge in [-0.05, 0) is 59.7 Å². The molecule has 2 aliphatic heterocycles. The maximum Gasteiger partial charge on any atom is 0.180 e. The van der Waals surface area contributed by atoms with E-state index in [4.69, 9.17) is 24.2 Å². The number of rotatable bonds is 9. The van der Waals surface area contributed by atoms with Gasteiger partial charge in [0.1, 0.15) is 0 Å². The molecule has 2 aliphatic rings. The lowest BCUT2D eigenvalue weighted by Crippen LogP contribution is -2.36. The lowest BCUT2D eigenvalue weighted by molar-refractivity contribution is 0.122. The lowest BCUT2D eigenvalue weighted by atomic mass is 10.0. The van der Waals surface area contributed by atoms with Gasteiger partial charge in [0.05, 0.1) is 57.1 Å². The van der Waals surface area contributed by atoms with Gasteiger partial charge in [0.15, 0.2) is 34.4 Å². The summed E-state index contributed by atoms with van der Waals surface area (Å²) in [7, 11) is 3.23. The normalized spacial score (nSPS) is 13.3. The van der Waals surface area contributed by atoms with Crippen LogP contribution in [-0.2, 0) is 11.3 Å². The predicted octanol–water partition coefficient (Wildman–Crippen LogP) is 7.94. The molecule has 15 heteroatoms. The van der Waals surface area contributed by atoms with Crippen molar-refractivity contribution in [2.75, 3.05) is 56.1 Å². The molecule has 298 valence electrons. The van der Waals surface area contributed by atoms with Crippen molar-refractivity contribution in [1.82, 2.24) is 38.9 Å². The van der Waals surface area contributed by atoms with Crippen molar-refractivity contribution in [3.05, 3.63) is 133 Å². The molecule has 1 fully saturated rings. The average molecular weight is 797 g/mol. The molecule has 0 radical (unpaired) electrons. The van der Waals surface area contributed by atoms with Gasteiger partial charge in [-0.1, -0.05) is 24.3 Å². The van der Waals surface area contributed by atoms with Crippen molar-refractivity contribution >= 4 is 57.1 Å². The zero-order chi connectivity index (χ0) is 40.4. The van der Waals surface area contributed by atoms with E-state index < -0.39 is 0 Å². The summed E-state index contributed by atoms with van der Waals surface area (Å²) in [6, 6.07) is 26.5. The minimum Gasteiger partial charge on any atom is -0.493 e. The molecule has 0 atom stereocenters. The highest BCUT2D eigenvalue weighted by Crippen LogP contribution is 2.33. The Bertz CT molecular complexity index is 3000. The number of nitrogens with zero attached hydrogens (tertiary/aromatic N) is 9. The van der Waals surface area contributed by atoms with Crippen LogP contribution in [0.2, 0.25) is 0 Å². The molecule has 4 aromatic carbocycles. The molecule has 0 saturated carbocycles. The Morgan fingerprint density at radius 2 is 1.37 bits per heavy atom. The summed E-state index contributed by atoms with van der Waals surface area (Å²) in [6.07, 6.45) is 15.1. The molecule has 1 saturated heterocycles. The minimum atomic E-state index is 0.645. The molecule has 15 nitrogen and oxygen atoms in total. The summed E-state index contributed by atoms with van der Waals surface area (Å²) in [5, 5.41) is 15.0. The number of morpholine rings is 1. The molecule has 0 unspecified atom stereocenters. The average Bonchev–Trinajstić information content (AvgIpc) is 4.14. The van der Waals surface area contributed by atoms with Crippen LogP contribution in [0.1, 0.15) is 11.1 Å². The number of aromatic nitrogens is 8. The van der Waals surface area contributed by atoms with E-state index >= 15 is 0 Å². The fourth-order valence-electron chi connectivity index (χ4n) is 7.44. The van der Waals surface area contributed by atoms with E-state index in [2.05, 4.69) is 95.3 Å². The number of imidazole rings is 2. The van der Waals surface area contributed by atoms with Crippen molar-refractivity contribution in [3.63, 3.8) is 0 Å². The van der Waals surface area contributed by atoms with E-state index in [-0.39, 0.29) is 0 Å². The number of fused-ring (bicyclic) bond motifs is 4. The molecule has 0 spiro atoms. The van der Waals surface area contributed by atoms with Crippen molar-refractivity contribution in [2.45, 2.75) is 6.54 Å². The topological polar surface area (TPSA) is 156 Å². The second-order valence-corrected chi connectivity index (χ2v) is 14.3. The van der Waals surface area contributed by atoms with Gasteiger partial charge < -0.3 is 38.5 Å². The summed E-state index contributed by atoms with van der Waals surface area (Å²) in [5.74, 6) is 2.69. The van der Waals surface area contributed by atoms with Crippen LogP contribution in [0.25, 0.3) is 44.7 Å². The standard InChI is InChI=1S/C23H21N7O.C22H19N5O2/c1-2-17-14-25-28-20(17)13-16(1)21-15-30-8-7-24-23(30)22(27-21)26-18-3-5-19(6-4-18)29-9-11-31-12-10-29;1-28-19-6-5-17(10-20(19)29-2)25-21-22-24-7-8-27(22)13-18(26-21)14-3-4-15-11-23-12-16(15)9-14/h1-8,13-15H,9-12H2,(H,25,28)(H,26,27);3-11,13H,12H2,1-2H3,(H,25,26). The summed E-state index contributed by atoms with van der Waals surface area (Å²) < 4.78 is 20.1. The van der Waals surface area contributed by atoms with Gasteiger partial charge in [0.2, 0.25) is 0 Å². The maximum atomic E-state index is 5.45. The number of benzene rings is 4. The fraction of sp³-hybridized carbons (Fsp3) is 0.156. The quantitative estimate of drug-likeness (QED) is 0.130. The number of aromatic amines is 1. The lowest BCUT2D eigenvalue weighted by Gasteiger charge is -2.28. The number of methoxy groups -OCH3 is 2. The van der Waals surface area contributed by atoms with Crippen molar-refractivity contribution in [1.29, 1.82) is 0 Å². The summed E-state index contributed by atoms with van der Waals surface area (Å²) in [4.78, 5) is 25.3. The summed E-state index contributed by atoms with van der Waals surface area (Å²) >= 11 is 0. The van der Waals surface area contributed by atoms with Crippen LogP contribution in [0, 0.1) is 0 Å². The monoisotopic (exact) mass is 796 g/mol. The van der Waals surface area contributed by atoms with Gasteiger partial charge >= 0.3 is 0 Å². The van der Waals surface area contributed by atoms with Gasteiger partial charge in [0.25, 0.3) is 0 Å². The Balaban J connectivity index is 0.000000145. The fourth-order valence-corrected chi connectivity index (χ4v) is 7.44. The molecule has 5 aromatic heterocycles. The van der Waals surface area contributed by atoms with Crippen molar-refractivity contribution < 1.29 is 14.2 Å². The van der Waals surface area contributed by atoms with Gasteiger partial charge in [-0.2, -0.15) is 5.10 Å². The number of anilines is 5. The third-order valence-corrected chi connectivity index (χ3v) is 10.6. The number of H-pyrrole nitrogens is 1. The molecule has 0 bridgehead atoms. The number of ether oxygens (including phenoxy) is 3. The minimum absolute atomic E-state index is 0.645. The zero-order valence-corrected chi connectivity index (χ0v) is 32.9. The largest absolute Gasteiger partial charge is 0.493 e. The SMILES string of the molecule is COc1ccc(Nc2nc(-c3ccc4c(c3)CN=C4)cn3ccnc23)cc1OC.c1cn2cc(-c3ccc4cn[nH]c4c3)nc(Nc3ccc(N4CCOCC4)cc3)c2n1. The van der Waals surface area contributed by atoms with Crippen LogP contribution >= 0.6 is 0 Å². The van der Waals surface area contributed by atoms with Crippen LogP contribution in [-0.4, -0.2) is 85.7 Å². The first kappa shape index (κ1) is 36.6. The summed E-state index contributed by atoms with van der Waals surface area (Å²) in [5.41, 5.74) is 11.7. The highest BCUT2D eigenvalue weighted by atomic mass is 16.5. The Hall–Kier alpha value is -7.78. The molecule has 9 aromatic rings. The molecule has 7 heterocycles. The molecular weight excluding hydrogens is 757 g/mol. The highest BCUT2D eigenvalue weighted by Gasteiger charge is 2.16. The Morgan fingerprint density at radius 1 is 0.700 bits per heavy atom. The Kier molecular flexibility index (Phi) is 9.67. The van der Waals surface area contributed by atoms with Gasteiger partial charge in [0, 0.05) is 96.1 Å². The third kappa shape index (κ3) is 7.29.